The minimum atomic E-state index is -3.51. The molecule has 132 valence electrons. The standard InChI is InChI=1S/C17H24N2O4S/c1-13-7-10-19(11-8-13)17(21)9-12-24(22,23)16-5-3-15(4-6-16)18-14(2)20/h3-6,13H,7-12H2,1-2H3,(H,18,20). The molecule has 6 nitrogen and oxygen atoms in total. The third-order valence-electron chi connectivity index (χ3n) is 4.25. The Morgan fingerprint density at radius 3 is 2.29 bits per heavy atom. The zero-order chi connectivity index (χ0) is 17.7. The Kier molecular flexibility index (Phi) is 5.99. The predicted octanol–water partition coefficient (Wildman–Crippen LogP) is 2.07. The molecule has 0 bridgehead atoms. The van der Waals surface area contributed by atoms with E-state index in [-0.39, 0.29) is 28.9 Å². The van der Waals surface area contributed by atoms with Crippen LogP contribution in [0.15, 0.2) is 29.2 Å². The van der Waals surface area contributed by atoms with E-state index in [1.807, 2.05) is 0 Å². The Morgan fingerprint density at radius 1 is 1.17 bits per heavy atom. The topological polar surface area (TPSA) is 83.5 Å². The molecule has 0 radical (unpaired) electrons. The molecule has 1 fully saturated rings. The molecule has 7 heteroatoms. The first-order valence-corrected chi connectivity index (χ1v) is 9.81. The lowest BCUT2D eigenvalue weighted by Crippen LogP contribution is -2.38. The number of nitrogens with one attached hydrogen (secondary N) is 1. The molecule has 1 saturated heterocycles. The molecule has 0 atom stereocenters. The normalized spacial score (nSPS) is 16.0. The average molecular weight is 352 g/mol. The van der Waals surface area contributed by atoms with Gasteiger partial charge in [-0.25, -0.2) is 8.42 Å². The highest BCUT2D eigenvalue weighted by Gasteiger charge is 2.23. The van der Waals surface area contributed by atoms with E-state index >= 15 is 0 Å². The van der Waals surface area contributed by atoms with Gasteiger partial charge in [0, 0.05) is 32.1 Å². The summed E-state index contributed by atoms with van der Waals surface area (Å²) >= 11 is 0. The summed E-state index contributed by atoms with van der Waals surface area (Å²) in [5.74, 6) is 0.115. The Morgan fingerprint density at radius 2 is 1.75 bits per heavy atom. The van der Waals surface area contributed by atoms with Crippen LogP contribution in [-0.2, 0) is 19.4 Å². The molecule has 24 heavy (non-hydrogen) atoms. The predicted molar refractivity (Wildman–Crippen MR) is 92.4 cm³/mol. The maximum absolute atomic E-state index is 12.3. The maximum atomic E-state index is 12.3. The first kappa shape index (κ1) is 18.4. The molecule has 0 aromatic heterocycles. The van der Waals surface area contributed by atoms with Crippen LogP contribution in [-0.4, -0.2) is 44.0 Å². The molecule has 0 aliphatic carbocycles. The summed E-state index contributed by atoms with van der Waals surface area (Å²) in [5.41, 5.74) is 0.542. The highest BCUT2D eigenvalue weighted by molar-refractivity contribution is 7.91. The first-order chi connectivity index (χ1) is 11.3. The fourth-order valence-electron chi connectivity index (χ4n) is 2.70. The number of anilines is 1. The van der Waals surface area contributed by atoms with E-state index in [0.29, 0.717) is 24.7 Å². The number of benzene rings is 1. The van der Waals surface area contributed by atoms with Gasteiger partial charge in [0.25, 0.3) is 0 Å². The van der Waals surface area contributed by atoms with E-state index < -0.39 is 9.84 Å². The van der Waals surface area contributed by atoms with Gasteiger partial charge >= 0.3 is 0 Å². The first-order valence-electron chi connectivity index (χ1n) is 8.16. The molecule has 0 unspecified atom stereocenters. The van der Waals surface area contributed by atoms with Gasteiger partial charge in [-0.2, -0.15) is 0 Å². The number of likely N-dealkylation sites (tertiary alicyclic amines) is 1. The van der Waals surface area contributed by atoms with Gasteiger partial charge in [0.15, 0.2) is 9.84 Å². The van der Waals surface area contributed by atoms with Crippen molar-refractivity contribution in [3.63, 3.8) is 0 Å². The van der Waals surface area contributed by atoms with Crippen molar-refractivity contribution in [1.29, 1.82) is 0 Å². The van der Waals surface area contributed by atoms with Crippen molar-refractivity contribution in [1.82, 2.24) is 4.90 Å². The van der Waals surface area contributed by atoms with Crippen molar-refractivity contribution in [2.24, 2.45) is 5.92 Å². The van der Waals surface area contributed by atoms with Crippen LogP contribution < -0.4 is 5.32 Å². The summed E-state index contributed by atoms with van der Waals surface area (Å²) in [6, 6.07) is 5.99. The lowest BCUT2D eigenvalue weighted by Gasteiger charge is -2.30. The van der Waals surface area contributed by atoms with Crippen LogP contribution in [0.3, 0.4) is 0 Å². The Bertz CT molecular complexity index is 690. The second-order valence-corrected chi connectivity index (χ2v) is 8.45. The van der Waals surface area contributed by atoms with Crippen LogP contribution in [0, 0.1) is 5.92 Å². The van der Waals surface area contributed by atoms with E-state index in [1.54, 1.807) is 17.0 Å². The molecule has 1 N–H and O–H groups in total. The lowest BCUT2D eigenvalue weighted by molar-refractivity contribution is -0.132. The Hall–Kier alpha value is -1.89. The molecule has 0 spiro atoms. The number of sulfone groups is 1. The summed E-state index contributed by atoms with van der Waals surface area (Å²) < 4.78 is 24.7. The second kappa shape index (κ2) is 7.79. The molecule has 1 aliphatic rings. The number of piperidine rings is 1. The van der Waals surface area contributed by atoms with Gasteiger partial charge in [0.05, 0.1) is 10.6 Å². The lowest BCUT2D eigenvalue weighted by atomic mass is 9.99. The number of hydrogen-bond donors (Lipinski definition) is 1. The van der Waals surface area contributed by atoms with Crippen LogP contribution in [0.2, 0.25) is 0 Å². The molecule has 2 rings (SSSR count). The number of hydrogen-bond acceptors (Lipinski definition) is 4. The van der Waals surface area contributed by atoms with Crippen molar-refractivity contribution in [3.8, 4) is 0 Å². The Labute approximate surface area is 143 Å². The fraction of sp³-hybridized carbons (Fsp3) is 0.529. The van der Waals surface area contributed by atoms with Gasteiger partial charge < -0.3 is 10.2 Å². The monoisotopic (exact) mass is 352 g/mol. The number of nitrogens with zero attached hydrogens (tertiary/aromatic N) is 1. The Balaban J connectivity index is 1.93. The van der Waals surface area contributed by atoms with Crippen molar-refractivity contribution < 1.29 is 18.0 Å². The third kappa shape index (κ3) is 5.06. The highest BCUT2D eigenvalue weighted by atomic mass is 32.2. The summed E-state index contributed by atoms with van der Waals surface area (Å²) in [6.45, 7) is 4.98. The van der Waals surface area contributed by atoms with Gasteiger partial charge in [-0.05, 0) is 43.0 Å². The van der Waals surface area contributed by atoms with E-state index in [2.05, 4.69) is 12.2 Å². The zero-order valence-electron chi connectivity index (χ0n) is 14.1. The number of amides is 2. The van der Waals surface area contributed by atoms with E-state index in [1.165, 1.54) is 19.1 Å². The van der Waals surface area contributed by atoms with Gasteiger partial charge in [0.1, 0.15) is 0 Å². The number of carbonyl (C=O) groups excluding carboxylic acids is 2. The van der Waals surface area contributed by atoms with Gasteiger partial charge in [0.2, 0.25) is 11.8 Å². The van der Waals surface area contributed by atoms with Crippen molar-refractivity contribution in [2.45, 2.75) is 38.0 Å². The van der Waals surface area contributed by atoms with Crippen molar-refractivity contribution >= 4 is 27.3 Å². The highest BCUT2D eigenvalue weighted by Crippen LogP contribution is 2.19. The maximum Gasteiger partial charge on any atom is 0.223 e. The average Bonchev–Trinajstić information content (AvgIpc) is 2.53. The summed E-state index contributed by atoms with van der Waals surface area (Å²) in [6.07, 6.45) is 1.95. The van der Waals surface area contributed by atoms with Crippen LogP contribution in [0.5, 0.6) is 0 Å². The molecule has 1 aromatic carbocycles. The molecule has 1 aromatic rings. The van der Waals surface area contributed by atoms with Gasteiger partial charge in [-0.1, -0.05) is 6.92 Å². The fourth-order valence-corrected chi connectivity index (χ4v) is 3.93. The van der Waals surface area contributed by atoms with Crippen LogP contribution >= 0.6 is 0 Å². The molecular formula is C17H24N2O4S. The van der Waals surface area contributed by atoms with Crippen LogP contribution in [0.1, 0.15) is 33.1 Å². The van der Waals surface area contributed by atoms with E-state index in [0.717, 1.165) is 12.8 Å². The van der Waals surface area contributed by atoms with Crippen molar-refractivity contribution in [2.75, 3.05) is 24.2 Å². The molecule has 1 heterocycles. The van der Waals surface area contributed by atoms with Crippen LogP contribution in [0.4, 0.5) is 5.69 Å². The summed E-state index contributed by atoms with van der Waals surface area (Å²) in [5, 5.41) is 2.59. The molecule has 0 saturated carbocycles. The summed E-state index contributed by atoms with van der Waals surface area (Å²) in [4.78, 5) is 25.1. The SMILES string of the molecule is CC(=O)Nc1ccc(S(=O)(=O)CCC(=O)N2CCC(C)CC2)cc1. The molecule has 2 amide bonds. The van der Waals surface area contributed by atoms with Crippen molar-refractivity contribution in [3.05, 3.63) is 24.3 Å². The minimum Gasteiger partial charge on any atom is -0.343 e. The number of rotatable bonds is 5. The van der Waals surface area contributed by atoms with Gasteiger partial charge in [-0.15, -0.1) is 0 Å². The zero-order valence-corrected chi connectivity index (χ0v) is 14.9. The smallest absolute Gasteiger partial charge is 0.223 e. The molecule has 1 aliphatic heterocycles. The third-order valence-corrected chi connectivity index (χ3v) is 5.99. The van der Waals surface area contributed by atoms with Crippen LogP contribution in [0.25, 0.3) is 0 Å². The van der Waals surface area contributed by atoms with Gasteiger partial charge in [-0.3, -0.25) is 9.59 Å². The number of carbonyl (C=O) groups is 2. The summed E-state index contributed by atoms with van der Waals surface area (Å²) in [7, 11) is -3.51. The largest absolute Gasteiger partial charge is 0.343 e. The minimum absolute atomic E-state index is 0.00413. The van der Waals surface area contributed by atoms with E-state index in [4.69, 9.17) is 0 Å². The molecular weight excluding hydrogens is 328 g/mol. The second-order valence-electron chi connectivity index (χ2n) is 6.34. The quantitative estimate of drug-likeness (QED) is 0.879. The van der Waals surface area contributed by atoms with E-state index in [9.17, 15) is 18.0 Å².